The molecule has 30 heavy (non-hydrogen) atoms. The Bertz CT molecular complexity index is 821. The summed E-state index contributed by atoms with van der Waals surface area (Å²) in [6.07, 6.45) is 11.3. The Morgan fingerprint density at radius 3 is 2.13 bits per heavy atom. The number of carbonyl (C=O) groups is 1. The van der Waals surface area contributed by atoms with Gasteiger partial charge in [0, 0.05) is 17.9 Å². The average Bonchev–Trinajstić information content (AvgIpc) is 2.73. The molecule has 4 fully saturated rings. The van der Waals surface area contributed by atoms with E-state index >= 15 is 0 Å². The molecule has 4 aliphatic rings. The molecule has 4 aliphatic carbocycles. The molecule has 1 amide bonds. The van der Waals surface area contributed by atoms with Crippen molar-refractivity contribution in [1.29, 1.82) is 5.26 Å². The van der Waals surface area contributed by atoms with Gasteiger partial charge in [0.05, 0.1) is 0 Å². The number of aryl methyl sites for hydroxylation is 2. The number of anilines is 1. The molecule has 1 unspecified atom stereocenters. The van der Waals surface area contributed by atoms with Gasteiger partial charge in [0.2, 0.25) is 0 Å². The first-order chi connectivity index (χ1) is 14.5. The number of hydrogen-bond donors (Lipinski definition) is 2. The van der Waals surface area contributed by atoms with E-state index < -0.39 is 0 Å². The molecule has 1 aromatic carbocycles. The number of hydrogen-bond acceptors (Lipinski definition) is 3. The van der Waals surface area contributed by atoms with Crippen molar-refractivity contribution in [3.63, 3.8) is 0 Å². The highest BCUT2D eigenvalue weighted by Gasteiger charge is 2.53. The SMILES string of the molecule is CCc1cccc(CC)c1N/C=C(/C#N)C(=O)NC(C)C12CC3CC(CC(C3)C1)C2. The molecule has 1 atom stereocenters. The summed E-state index contributed by atoms with van der Waals surface area (Å²) in [7, 11) is 0. The Hall–Kier alpha value is -2.28. The van der Waals surface area contributed by atoms with E-state index in [-0.39, 0.29) is 22.9 Å². The second-order valence-electron chi connectivity index (χ2n) is 9.95. The number of nitrogens with zero attached hydrogens (tertiary/aromatic N) is 1. The van der Waals surface area contributed by atoms with Gasteiger partial charge >= 0.3 is 0 Å². The first-order valence-corrected chi connectivity index (χ1v) is 11.8. The average molecular weight is 406 g/mol. The number of para-hydroxylation sites is 1. The summed E-state index contributed by atoms with van der Waals surface area (Å²) in [6.45, 7) is 6.40. The largest absolute Gasteiger partial charge is 0.360 e. The van der Waals surface area contributed by atoms with E-state index in [0.29, 0.717) is 0 Å². The van der Waals surface area contributed by atoms with Crippen molar-refractivity contribution in [3.8, 4) is 6.07 Å². The quantitative estimate of drug-likeness (QED) is 0.475. The Morgan fingerprint density at radius 2 is 1.67 bits per heavy atom. The van der Waals surface area contributed by atoms with Crippen molar-refractivity contribution in [2.45, 2.75) is 78.2 Å². The van der Waals surface area contributed by atoms with Gasteiger partial charge in [0.1, 0.15) is 11.6 Å². The fraction of sp³-hybridized carbons (Fsp3) is 0.615. The zero-order chi connectivity index (χ0) is 21.3. The van der Waals surface area contributed by atoms with Gasteiger partial charge in [-0.25, -0.2) is 0 Å². The van der Waals surface area contributed by atoms with E-state index in [1.165, 1.54) is 49.7 Å². The van der Waals surface area contributed by atoms with Gasteiger partial charge in [0.25, 0.3) is 5.91 Å². The van der Waals surface area contributed by atoms with Gasteiger partial charge in [-0.2, -0.15) is 5.26 Å². The minimum absolute atomic E-state index is 0.115. The van der Waals surface area contributed by atoms with E-state index in [0.717, 1.165) is 36.3 Å². The van der Waals surface area contributed by atoms with Crippen LogP contribution in [0, 0.1) is 34.5 Å². The Morgan fingerprint density at radius 1 is 1.13 bits per heavy atom. The molecule has 0 radical (unpaired) electrons. The third kappa shape index (κ3) is 3.87. The van der Waals surface area contributed by atoms with Crippen molar-refractivity contribution in [1.82, 2.24) is 5.32 Å². The van der Waals surface area contributed by atoms with Crippen molar-refractivity contribution in [2.75, 3.05) is 5.32 Å². The minimum atomic E-state index is -0.250. The van der Waals surface area contributed by atoms with Gasteiger partial charge in [0.15, 0.2) is 0 Å². The van der Waals surface area contributed by atoms with E-state index in [1.807, 2.05) is 0 Å². The zero-order valence-electron chi connectivity index (χ0n) is 18.6. The fourth-order valence-corrected chi connectivity index (χ4v) is 6.86. The van der Waals surface area contributed by atoms with Gasteiger partial charge < -0.3 is 10.6 Å². The molecule has 4 nitrogen and oxygen atoms in total. The first kappa shape index (κ1) is 21.0. The molecule has 4 bridgehead atoms. The van der Waals surface area contributed by atoms with Crippen LogP contribution in [-0.4, -0.2) is 11.9 Å². The highest BCUT2D eigenvalue weighted by Crippen LogP contribution is 2.61. The Balaban J connectivity index is 1.47. The Labute approximate surface area is 181 Å². The third-order valence-electron chi connectivity index (χ3n) is 8.08. The summed E-state index contributed by atoms with van der Waals surface area (Å²) in [5, 5.41) is 16.1. The number of carbonyl (C=O) groups excluding carboxylic acids is 1. The molecule has 0 saturated heterocycles. The molecule has 0 heterocycles. The molecule has 0 spiro atoms. The molecular formula is C26H35N3O. The Kier molecular flexibility index (Phi) is 5.91. The van der Waals surface area contributed by atoms with Crippen molar-refractivity contribution in [2.24, 2.45) is 23.2 Å². The van der Waals surface area contributed by atoms with Gasteiger partial charge in [-0.1, -0.05) is 32.0 Å². The summed E-state index contributed by atoms with van der Waals surface area (Å²) in [5.74, 6) is 2.30. The maximum Gasteiger partial charge on any atom is 0.263 e. The lowest BCUT2D eigenvalue weighted by Gasteiger charge is -2.59. The van der Waals surface area contributed by atoms with Crippen LogP contribution in [0.1, 0.15) is 70.4 Å². The van der Waals surface area contributed by atoms with E-state index in [2.05, 4.69) is 55.7 Å². The lowest BCUT2D eigenvalue weighted by Crippen LogP contribution is -2.56. The van der Waals surface area contributed by atoms with Crippen LogP contribution in [0.15, 0.2) is 30.0 Å². The topological polar surface area (TPSA) is 64.9 Å². The smallest absolute Gasteiger partial charge is 0.263 e. The molecule has 2 N–H and O–H groups in total. The molecular weight excluding hydrogens is 370 g/mol. The molecule has 4 heteroatoms. The number of nitriles is 1. The van der Waals surface area contributed by atoms with Crippen LogP contribution < -0.4 is 10.6 Å². The van der Waals surface area contributed by atoms with Gasteiger partial charge in [-0.3, -0.25) is 4.79 Å². The highest BCUT2D eigenvalue weighted by molar-refractivity contribution is 5.97. The van der Waals surface area contributed by atoms with Crippen LogP contribution in [0.25, 0.3) is 0 Å². The van der Waals surface area contributed by atoms with Crippen molar-refractivity contribution >= 4 is 11.6 Å². The second kappa shape index (κ2) is 8.46. The summed E-state index contributed by atoms with van der Waals surface area (Å²) in [5.41, 5.74) is 3.81. The van der Waals surface area contributed by atoms with Crippen molar-refractivity contribution < 1.29 is 4.79 Å². The zero-order valence-corrected chi connectivity index (χ0v) is 18.6. The lowest BCUT2D eigenvalue weighted by molar-refractivity contribution is -0.122. The predicted molar refractivity (Wildman–Crippen MR) is 121 cm³/mol. The molecule has 160 valence electrons. The number of nitrogens with one attached hydrogen (secondary N) is 2. The lowest BCUT2D eigenvalue weighted by atomic mass is 9.48. The van der Waals surface area contributed by atoms with Crippen LogP contribution in [0.2, 0.25) is 0 Å². The molecule has 0 aromatic heterocycles. The molecule has 4 saturated carbocycles. The second-order valence-corrected chi connectivity index (χ2v) is 9.95. The highest BCUT2D eigenvalue weighted by atomic mass is 16.1. The standard InChI is InChI=1S/C26H35N3O/c1-4-21-7-6-8-22(5-2)24(21)28-16-23(15-27)25(30)29-17(3)26-12-18-9-19(13-26)11-20(10-18)14-26/h6-8,16-20,28H,4-5,9-14H2,1-3H3,(H,29,30)/b23-16-. The summed E-state index contributed by atoms with van der Waals surface area (Å²) < 4.78 is 0. The van der Waals surface area contributed by atoms with Crippen molar-refractivity contribution in [3.05, 3.63) is 41.1 Å². The van der Waals surface area contributed by atoms with Crippen LogP contribution >= 0.6 is 0 Å². The number of amides is 1. The normalized spacial score (nSPS) is 30.6. The maximum absolute atomic E-state index is 13.0. The summed E-state index contributed by atoms with van der Waals surface area (Å²) >= 11 is 0. The predicted octanol–water partition coefficient (Wildman–Crippen LogP) is 5.35. The van der Waals surface area contributed by atoms with Crippen LogP contribution in [0.5, 0.6) is 0 Å². The maximum atomic E-state index is 13.0. The van der Waals surface area contributed by atoms with E-state index in [1.54, 1.807) is 6.20 Å². The van der Waals surface area contributed by atoms with Gasteiger partial charge in [-0.15, -0.1) is 0 Å². The molecule has 1 aromatic rings. The number of benzene rings is 1. The monoisotopic (exact) mass is 405 g/mol. The fourth-order valence-electron chi connectivity index (χ4n) is 6.86. The third-order valence-corrected chi connectivity index (χ3v) is 8.08. The first-order valence-electron chi connectivity index (χ1n) is 11.8. The van der Waals surface area contributed by atoms with E-state index in [4.69, 9.17) is 0 Å². The molecule has 5 rings (SSSR count). The van der Waals surface area contributed by atoms with Crippen LogP contribution in [-0.2, 0) is 17.6 Å². The minimum Gasteiger partial charge on any atom is -0.360 e. The van der Waals surface area contributed by atoms with Crippen LogP contribution in [0.4, 0.5) is 5.69 Å². The summed E-state index contributed by atoms with van der Waals surface area (Å²) in [6, 6.07) is 8.48. The summed E-state index contributed by atoms with van der Waals surface area (Å²) in [4.78, 5) is 13.0. The van der Waals surface area contributed by atoms with E-state index in [9.17, 15) is 10.1 Å². The van der Waals surface area contributed by atoms with Crippen LogP contribution in [0.3, 0.4) is 0 Å². The molecule has 0 aliphatic heterocycles. The number of rotatable bonds is 7. The van der Waals surface area contributed by atoms with Gasteiger partial charge in [-0.05, 0) is 92.6 Å².